The van der Waals surface area contributed by atoms with E-state index in [-0.39, 0.29) is 5.41 Å². The van der Waals surface area contributed by atoms with Crippen LogP contribution < -0.4 is 5.73 Å². The van der Waals surface area contributed by atoms with Gasteiger partial charge in [-0.25, -0.2) is 0 Å². The smallest absolute Gasteiger partial charge is 0.203 e. The van der Waals surface area contributed by atoms with Crippen molar-refractivity contribution < 1.29 is 0 Å². The molecule has 2 aromatic rings. The van der Waals surface area contributed by atoms with Crippen molar-refractivity contribution in [1.82, 2.24) is 10.2 Å². The van der Waals surface area contributed by atoms with Crippen LogP contribution >= 0.6 is 11.3 Å². The van der Waals surface area contributed by atoms with E-state index in [0.29, 0.717) is 5.13 Å². The van der Waals surface area contributed by atoms with Crippen LogP contribution in [-0.2, 0) is 5.41 Å². The molecule has 0 spiro atoms. The maximum atomic E-state index is 5.60. The zero-order valence-corrected chi connectivity index (χ0v) is 9.58. The van der Waals surface area contributed by atoms with Crippen molar-refractivity contribution in [3.63, 3.8) is 0 Å². The molecular formula is C11H13N3S. The number of nitrogens with zero attached hydrogens (tertiary/aromatic N) is 2. The molecule has 1 heterocycles. The van der Waals surface area contributed by atoms with Gasteiger partial charge >= 0.3 is 0 Å². The second kappa shape index (κ2) is 3.62. The maximum absolute atomic E-state index is 5.60. The molecule has 3 nitrogen and oxygen atoms in total. The number of anilines is 1. The lowest BCUT2D eigenvalue weighted by atomic mass is 9.85. The Hall–Kier alpha value is -1.42. The van der Waals surface area contributed by atoms with Gasteiger partial charge in [0.15, 0.2) is 0 Å². The standard InChI is InChI=1S/C11H13N3S/c1-11(2,8-6-4-3-5-7-8)9-13-14-10(12)15-9/h3-7H,1-2H3,(H2,12,14). The molecule has 0 aliphatic heterocycles. The summed E-state index contributed by atoms with van der Waals surface area (Å²) in [7, 11) is 0. The van der Waals surface area contributed by atoms with Crippen molar-refractivity contribution in [2.45, 2.75) is 19.3 Å². The largest absolute Gasteiger partial charge is 0.374 e. The van der Waals surface area contributed by atoms with Gasteiger partial charge in [0.1, 0.15) is 5.01 Å². The molecule has 0 saturated carbocycles. The maximum Gasteiger partial charge on any atom is 0.203 e. The van der Waals surface area contributed by atoms with E-state index in [4.69, 9.17) is 5.73 Å². The highest BCUT2D eigenvalue weighted by Crippen LogP contribution is 2.33. The molecule has 0 unspecified atom stereocenters. The number of rotatable bonds is 2. The number of nitrogens with two attached hydrogens (primary N) is 1. The summed E-state index contributed by atoms with van der Waals surface area (Å²) in [6, 6.07) is 10.3. The van der Waals surface area contributed by atoms with Crippen LogP contribution in [0.4, 0.5) is 5.13 Å². The summed E-state index contributed by atoms with van der Waals surface area (Å²) in [5, 5.41) is 9.43. The average molecular weight is 219 g/mol. The quantitative estimate of drug-likeness (QED) is 0.844. The van der Waals surface area contributed by atoms with Crippen LogP contribution in [0.25, 0.3) is 0 Å². The summed E-state index contributed by atoms with van der Waals surface area (Å²) in [6.07, 6.45) is 0. The van der Waals surface area contributed by atoms with Gasteiger partial charge in [-0.3, -0.25) is 0 Å². The molecule has 0 saturated heterocycles. The van der Waals surface area contributed by atoms with Crippen LogP contribution in [0.3, 0.4) is 0 Å². The van der Waals surface area contributed by atoms with Gasteiger partial charge < -0.3 is 5.73 Å². The van der Waals surface area contributed by atoms with E-state index >= 15 is 0 Å². The normalized spacial score (nSPS) is 11.6. The third kappa shape index (κ3) is 1.85. The van der Waals surface area contributed by atoms with Gasteiger partial charge in [-0.05, 0) is 19.4 Å². The monoisotopic (exact) mass is 219 g/mol. The van der Waals surface area contributed by atoms with Crippen molar-refractivity contribution in [3.8, 4) is 0 Å². The minimum Gasteiger partial charge on any atom is -0.374 e. The van der Waals surface area contributed by atoms with E-state index in [1.54, 1.807) is 0 Å². The van der Waals surface area contributed by atoms with Crippen LogP contribution in [0, 0.1) is 0 Å². The van der Waals surface area contributed by atoms with Crippen molar-refractivity contribution in [3.05, 3.63) is 40.9 Å². The number of aromatic nitrogens is 2. The summed E-state index contributed by atoms with van der Waals surface area (Å²) in [5.41, 5.74) is 6.69. The molecular weight excluding hydrogens is 206 g/mol. The Morgan fingerprint density at radius 3 is 2.33 bits per heavy atom. The van der Waals surface area contributed by atoms with Gasteiger partial charge in [0.25, 0.3) is 0 Å². The first-order chi connectivity index (χ1) is 7.10. The highest BCUT2D eigenvalue weighted by Gasteiger charge is 2.26. The first-order valence-electron chi connectivity index (χ1n) is 4.75. The van der Waals surface area contributed by atoms with Crippen LogP contribution in [-0.4, -0.2) is 10.2 Å². The Kier molecular flexibility index (Phi) is 2.44. The predicted octanol–water partition coefficient (Wildman–Crippen LogP) is 2.45. The molecule has 4 heteroatoms. The third-order valence-corrected chi connectivity index (χ3v) is 3.55. The minimum atomic E-state index is -0.128. The molecule has 78 valence electrons. The van der Waals surface area contributed by atoms with Gasteiger partial charge in [-0.1, -0.05) is 41.7 Å². The van der Waals surface area contributed by atoms with Crippen LogP contribution in [0.2, 0.25) is 0 Å². The average Bonchev–Trinajstić information content (AvgIpc) is 2.67. The summed E-state index contributed by atoms with van der Waals surface area (Å²) in [6.45, 7) is 4.25. The topological polar surface area (TPSA) is 51.8 Å². The minimum absolute atomic E-state index is 0.128. The SMILES string of the molecule is CC(C)(c1ccccc1)c1nnc(N)s1. The van der Waals surface area contributed by atoms with Crippen LogP contribution in [0.5, 0.6) is 0 Å². The fourth-order valence-electron chi connectivity index (χ4n) is 1.47. The second-order valence-electron chi connectivity index (χ2n) is 3.94. The van der Waals surface area contributed by atoms with Gasteiger partial charge in [0.05, 0.1) is 0 Å². The molecule has 1 aromatic carbocycles. The Balaban J connectivity index is 2.43. The number of nitrogen functional groups attached to an aromatic ring is 1. The summed E-state index contributed by atoms with van der Waals surface area (Å²) >= 11 is 1.45. The zero-order valence-electron chi connectivity index (χ0n) is 8.77. The van der Waals surface area contributed by atoms with E-state index in [0.717, 1.165) is 5.01 Å². The van der Waals surface area contributed by atoms with Crippen LogP contribution in [0.15, 0.2) is 30.3 Å². The fraction of sp³-hybridized carbons (Fsp3) is 0.273. The first-order valence-corrected chi connectivity index (χ1v) is 5.57. The molecule has 15 heavy (non-hydrogen) atoms. The third-order valence-electron chi connectivity index (χ3n) is 2.47. The second-order valence-corrected chi connectivity index (χ2v) is 4.95. The summed E-state index contributed by atoms with van der Waals surface area (Å²) in [5.74, 6) is 0. The van der Waals surface area contributed by atoms with Crippen molar-refractivity contribution in [1.29, 1.82) is 0 Å². The highest BCUT2D eigenvalue weighted by atomic mass is 32.1. The highest BCUT2D eigenvalue weighted by molar-refractivity contribution is 7.15. The number of benzene rings is 1. The van der Waals surface area contributed by atoms with Gasteiger partial charge in [-0.15, -0.1) is 10.2 Å². The Morgan fingerprint density at radius 2 is 1.80 bits per heavy atom. The molecule has 0 fully saturated rings. The molecule has 2 rings (SSSR count). The van der Waals surface area contributed by atoms with Crippen LogP contribution in [0.1, 0.15) is 24.4 Å². The van der Waals surface area contributed by atoms with Crippen molar-refractivity contribution in [2.75, 3.05) is 5.73 Å². The Morgan fingerprint density at radius 1 is 1.13 bits per heavy atom. The van der Waals surface area contributed by atoms with Gasteiger partial charge in [0.2, 0.25) is 5.13 Å². The molecule has 0 aliphatic rings. The molecule has 0 bridgehead atoms. The summed E-state index contributed by atoms with van der Waals surface area (Å²) in [4.78, 5) is 0. The van der Waals surface area contributed by atoms with Gasteiger partial charge in [0, 0.05) is 5.41 Å². The van der Waals surface area contributed by atoms with Crippen molar-refractivity contribution >= 4 is 16.5 Å². The Bertz CT molecular complexity index is 448. The van der Waals surface area contributed by atoms with E-state index in [1.807, 2.05) is 18.2 Å². The lowest BCUT2D eigenvalue weighted by molar-refractivity contribution is 0.626. The summed E-state index contributed by atoms with van der Waals surface area (Å²) < 4.78 is 0. The lowest BCUT2D eigenvalue weighted by Gasteiger charge is -2.21. The zero-order chi connectivity index (χ0) is 10.9. The van der Waals surface area contributed by atoms with Gasteiger partial charge in [-0.2, -0.15) is 0 Å². The van der Waals surface area contributed by atoms with E-state index in [1.165, 1.54) is 16.9 Å². The molecule has 0 radical (unpaired) electrons. The number of hydrogen-bond acceptors (Lipinski definition) is 4. The van der Waals surface area contributed by atoms with E-state index in [2.05, 4.69) is 36.2 Å². The van der Waals surface area contributed by atoms with Crippen molar-refractivity contribution in [2.24, 2.45) is 0 Å². The van der Waals surface area contributed by atoms with E-state index < -0.39 is 0 Å². The van der Waals surface area contributed by atoms with E-state index in [9.17, 15) is 0 Å². The number of hydrogen-bond donors (Lipinski definition) is 1. The first kappa shape index (κ1) is 10.1. The molecule has 1 aromatic heterocycles. The lowest BCUT2D eigenvalue weighted by Crippen LogP contribution is -2.18. The molecule has 0 amide bonds. The molecule has 2 N–H and O–H groups in total. The Labute approximate surface area is 93.0 Å². The fourth-order valence-corrected chi connectivity index (χ4v) is 2.20. The predicted molar refractivity (Wildman–Crippen MR) is 62.9 cm³/mol. The molecule has 0 atom stereocenters. The molecule has 0 aliphatic carbocycles.